The van der Waals surface area contributed by atoms with E-state index in [2.05, 4.69) is 9.62 Å². The lowest BCUT2D eigenvalue weighted by molar-refractivity contribution is 0.278. The van der Waals surface area contributed by atoms with Crippen LogP contribution >= 0.6 is 0 Å². The highest BCUT2D eigenvalue weighted by Crippen LogP contribution is 2.16. The molecule has 1 fully saturated rings. The quantitative estimate of drug-likeness (QED) is 0.820. The molecule has 1 saturated heterocycles. The summed E-state index contributed by atoms with van der Waals surface area (Å²) in [4.78, 5) is 2.43. The largest absolute Gasteiger partial charge is 0.392 e. The van der Waals surface area contributed by atoms with Crippen molar-refractivity contribution >= 4 is 10.0 Å². The molecule has 0 radical (unpaired) electrons. The second kappa shape index (κ2) is 6.67. The van der Waals surface area contributed by atoms with Crippen molar-refractivity contribution in [2.45, 2.75) is 37.3 Å². The molecular formula is C14H22N2O3S. The topological polar surface area (TPSA) is 69.6 Å². The van der Waals surface area contributed by atoms with Crippen molar-refractivity contribution in [2.75, 3.05) is 19.6 Å². The summed E-state index contributed by atoms with van der Waals surface area (Å²) >= 11 is 0. The Morgan fingerprint density at radius 2 is 1.95 bits per heavy atom. The number of hydrogen-bond donors (Lipinski definition) is 2. The first kappa shape index (κ1) is 15.4. The number of sulfonamides is 1. The highest BCUT2D eigenvalue weighted by atomic mass is 32.2. The summed E-state index contributed by atoms with van der Waals surface area (Å²) in [7, 11) is -3.58. The lowest BCUT2D eigenvalue weighted by Gasteiger charge is -2.21. The molecule has 1 unspecified atom stereocenters. The van der Waals surface area contributed by atoms with Crippen molar-refractivity contribution in [2.24, 2.45) is 0 Å². The summed E-state index contributed by atoms with van der Waals surface area (Å²) in [6.45, 7) is 4.40. The summed E-state index contributed by atoms with van der Waals surface area (Å²) in [6.07, 6.45) is 2.37. The Labute approximate surface area is 120 Å². The fraction of sp³-hybridized carbons (Fsp3) is 0.571. The molecule has 0 saturated carbocycles. The molecule has 20 heavy (non-hydrogen) atoms. The maximum absolute atomic E-state index is 12.4. The fourth-order valence-corrected chi connectivity index (χ4v) is 4.08. The van der Waals surface area contributed by atoms with Gasteiger partial charge in [0, 0.05) is 12.6 Å². The predicted molar refractivity (Wildman–Crippen MR) is 77.8 cm³/mol. The van der Waals surface area contributed by atoms with Crippen molar-refractivity contribution in [3.63, 3.8) is 0 Å². The standard InChI is InChI=1S/C14H22N2O3S/c1-12(10-16-8-4-5-9-16)15-20(18,19)14-7-3-2-6-13(14)11-17/h2-3,6-7,12,15,17H,4-5,8-11H2,1H3. The molecule has 1 aliphatic heterocycles. The van der Waals surface area contributed by atoms with Crippen molar-refractivity contribution in [3.8, 4) is 0 Å². The third-order valence-electron chi connectivity index (χ3n) is 3.52. The molecule has 1 aromatic carbocycles. The van der Waals surface area contributed by atoms with Gasteiger partial charge in [-0.25, -0.2) is 13.1 Å². The van der Waals surface area contributed by atoms with Gasteiger partial charge in [-0.15, -0.1) is 0 Å². The highest BCUT2D eigenvalue weighted by Gasteiger charge is 2.22. The van der Waals surface area contributed by atoms with Crippen LogP contribution in [0.2, 0.25) is 0 Å². The molecule has 0 aromatic heterocycles. The SMILES string of the molecule is CC(CN1CCCC1)NS(=O)(=O)c1ccccc1CO. The molecule has 112 valence electrons. The Morgan fingerprint density at radius 3 is 2.60 bits per heavy atom. The Morgan fingerprint density at radius 1 is 1.30 bits per heavy atom. The number of rotatable bonds is 6. The van der Waals surface area contributed by atoms with Crippen LogP contribution in [0.25, 0.3) is 0 Å². The van der Waals surface area contributed by atoms with Gasteiger partial charge in [-0.05, 0) is 44.5 Å². The van der Waals surface area contributed by atoms with E-state index < -0.39 is 10.0 Å². The summed E-state index contributed by atoms with van der Waals surface area (Å²) in [6, 6.07) is 6.39. The minimum absolute atomic E-state index is 0.148. The van der Waals surface area contributed by atoms with Gasteiger partial charge < -0.3 is 10.0 Å². The first-order chi connectivity index (χ1) is 9.53. The predicted octanol–water partition coefficient (Wildman–Crippen LogP) is 0.941. The number of aliphatic hydroxyl groups excluding tert-OH is 1. The highest BCUT2D eigenvalue weighted by molar-refractivity contribution is 7.89. The van der Waals surface area contributed by atoms with Crippen LogP contribution in [0, 0.1) is 0 Å². The van der Waals surface area contributed by atoms with Crippen molar-refractivity contribution in [1.82, 2.24) is 9.62 Å². The van der Waals surface area contributed by atoms with E-state index >= 15 is 0 Å². The van der Waals surface area contributed by atoms with Crippen LogP contribution in [0.5, 0.6) is 0 Å². The summed E-state index contributed by atoms with van der Waals surface area (Å²) in [5.74, 6) is 0. The average Bonchev–Trinajstić information content (AvgIpc) is 2.90. The number of nitrogens with one attached hydrogen (secondary N) is 1. The van der Waals surface area contributed by atoms with Crippen molar-refractivity contribution in [1.29, 1.82) is 0 Å². The number of likely N-dealkylation sites (tertiary alicyclic amines) is 1. The molecular weight excluding hydrogens is 276 g/mol. The summed E-state index contributed by atoms with van der Waals surface area (Å²) in [5, 5.41) is 9.25. The second-order valence-corrected chi connectivity index (χ2v) is 6.98. The average molecular weight is 298 g/mol. The normalized spacial score (nSPS) is 18.3. The lowest BCUT2D eigenvalue weighted by atomic mass is 10.2. The number of hydrogen-bond acceptors (Lipinski definition) is 4. The van der Waals surface area contributed by atoms with Crippen molar-refractivity contribution in [3.05, 3.63) is 29.8 Å². The zero-order valence-corrected chi connectivity index (χ0v) is 12.6. The first-order valence-electron chi connectivity index (χ1n) is 6.96. The van der Waals surface area contributed by atoms with Crippen molar-refractivity contribution < 1.29 is 13.5 Å². The van der Waals surface area contributed by atoms with E-state index in [9.17, 15) is 13.5 Å². The van der Waals surface area contributed by atoms with Gasteiger partial charge in [-0.2, -0.15) is 0 Å². The monoisotopic (exact) mass is 298 g/mol. The zero-order valence-electron chi connectivity index (χ0n) is 11.7. The van der Waals surface area contributed by atoms with Gasteiger partial charge in [0.2, 0.25) is 10.0 Å². The van der Waals surface area contributed by atoms with Gasteiger partial charge in [0.15, 0.2) is 0 Å². The van der Waals surface area contributed by atoms with Crippen LogP contribution in [0.3, 0.4) is 0 Å². The number of benzene rings is 1. The third-order valence-corrected chi connectivity index (χ3v) is 5.21. The number of aliphatic hydroxyl groups is 1. The van der Waals surface area contributed by atoms with E-state index in [1.165, 1.54) is 18.9 Å². The van der Waals surface area contributed by atoms with Crippen LogP contribution in [0.4, 0.5) is 0 Å². The molecule has 0 amide bonds. The Hall–Kier alpha value is -0.950. The van der Waals surface area contributed by atoms with E-state index in [1.54, 1.807) is 18.2 Å². The van der Waals surface area contributed by atoms with Crippen LogP contribution in [-0.4, -0.2) is 44.1 Å². The zero-order chi connectivity index (χ0) is 14.6. The Kier molecular flexibility index (Phi) is 5.15. The van der Waals surface area contributed by atoms with Crippen LogP contribution in [0.1, 0.15) is 25.3 Å². The molecule has 2 N–H and O–H groups in total. The summed E-state index contributed by atoms with van der Waals surface area (Å²) < 4.78 is 27.4. The van der Waals surface area contributed by atoms with Crippen LogP contribution in [0.15, 0.2) is 29.2 Å². The van der Waals surface area contributed by atoms with E-state index in [4.69, 9.17) is 0 Å². The van der Waals surface area contributed by atoms with E-state index in [1.807, 2.05) is 6.92 Å². The maximum atomic E-state index is 12.4. The Bertz CT molecular complexity index is 539. The molecule has 5 nitrogen and oxygen atoms in total. The molecule has 1 atom stereocenters. The smallest absolute Gasteiger partial charge is 0.241 e. The molecule has 1 heterocycles. The van der Waals surface area contributed by atoms with Crippen LogP contribution in [-0.2, 0) is 16.6 Å². The molecule has 0 spiro atoms. The van der Waals surface area contributed by atoms with Gasteiger partial charge in [-0.3, -0.25) is 0 Å². The molecule has 1 aromatic rings. The van der Waals surface area contributed by atoms with Gasteiger partial charge in [0.1, 0.15) is 0 Å². The fourth-order valence-electron chi connectivity index (χ4n) is 2.61. The lowest BCUT2D eigenvalue weighted by Crippen LogP contribution is -2.41. The van der Waals surface area contributed by atoms with Crippen LogP contribution < -0.4 is 4.72 Å². The van der Waals surface area contributed by atoms with E-state index in [0.717, 1.165) is 19.6 Å². The molecule has 6 heteroatoms. The molecule has 0 aliphatic carbocycles. The van der Waals surface area contributed by atoms with Gasteiger partial charge in [0.25, 0.3) is 0 Å². The maximum Gasteiger partial charge on any atom is 0.241 e. The van der Waals surface area contributed by atoms with Gasteiger partial charge >= 0.3 is 0 Å². The molecule has 2 rings (SSSR count). The minimum atomic E-state index is -3.58. The molecule has 1 aliphatic rings. The first-order valence-corrected chi connectivity index (χ1v) is 8.44. The minimum Gasteiger partial charge on any atom is -0.392 e. The van der Waals surface area contributed by atoms with Gasteiger partial charge in [0.05, 0.1) is 11.5 Å². The van der Waals surface area contributed by atoms with E-state index in [-0.39, 0.29) is 17.5 Å². The second-order valence-electron chi connectivity index (χ2n) is 5.30. The van der Waals surface area contributed by atoms with Gasteiger partial charge in [-0.1, -0.05) is 18.2 Å². The third kappa shape index (κ3) is 3.79. The Balaban J connectivity index is 2.06. The van der Waals surface area contributed by atoms with E-state index in [0.29, 0.717) is 5.56 Å². The molecule has 0 bridgehead atoms. The summed E-state index contributed by atoms with van der Waals surface area (Å²) in [5.41, 5.74) is 0.424. The number of nitrogens with zero attached hydrogens (tertiary/aromatic N) is 1.